The summed E-state index contributed by atoms with van der Waals surface area (Å²) >= 11 is 5.70. The van der Waals surface area contributed by atoms with Crippen LogP contribution >= 0.6 is 11.6 Å². The molecule has 2 aromatic rings. The summed E-state index contributed by atoms with van der Waals surface area (Å²) in [4.78, 5) is 34.2. The predicted molar refractivity (Wildman–Crippen MR) is 105 cm³/mol. The van der Waals surface area contributed by atoms with Gasteiger partial charge in [-0.2, -0.15) is 0 Å². The molecule has 0 aliphatic rings. The van der Waals surface area contributed by atoms with Crippen LogP contribution in [0.5, 0.6) is 11.5 Å². The number of carbonyl (C=O) groups is 2. The van der Waals surface area contributed by atoms with Crippen LogP contribution in [-0.2, 0) is 16.0 Å². The maximum atomic E-state index is 12.0. The number of hydrogen-bond acceptors (Lipinski definition) is 7. The van der Waals surface area contributed by atoms with E-state index in [4.69, 9.17) is 25.8 Å². The number of nitrogens with zero attached hydrogens (tertiary/aromatic N) is 1. The highest BCUT2D eigenvalue weighted by Crippen LogP contribution is 2.27. The summed E-state index contributed by atoms with van der Waals surface area (Å²) < 4.78 is 15.2. The summed E-state index contributed by atoms with van der Waals surface area (Å²) in [6.45, 7) is -0.266. The molecule has 0 aromatic heterocycles. The van der Waals surface area contributed by atoms with Gasteiger partial charge >= 0.3 is 5.97 Å². The predicted octanol–water partition coefficient (Wildman–Crippen LogP) is 2.78. The van der Waals surface area contributed by atoms with Gasteiger partial charge in [-0.25, -0.2) is 4.79 Å². The van der Waals surface area contributed by atoms with Gasteiger partial charge in [0.15, 0.2) is 18.1 Å². The van der Waals surface area contributed by atoms with Crippen molar-refractivity contribution in [2.24, 2.45) is 0 Å². The van der Waals surface area contributed by atoms with E-state index in [2.05, 4.69) is 5.32 Å². The van der Waals surface area contributed by atoms with Gasteiger partial charge < -0.3 is 19.5 Å². The van der Waals surface area contributed by atoms with Gasteiger partial charge in [-0.3, -0.25) is 14.9 Å². The molecule has 1 N–H and O–H groups in total. The smallest absolute Gasteiger partial charge is 0.345 e. The molecule has 0 bridgehead atoms. The molecule has 154 valence electrons. The van der Waals surface area contributed by atoms with Crippen LogP contribution in [0.4, 0.5) is 5.69 Å². The second-order valence-electron chi connectivity index (χ2n) is 5.78. The van der Waals surface area contributed by atoms with Crippen LogP contribution < -0.4 is 14.8 Å². The Bertz CT molecular complexity index is 917. The van der Waals surface area contributed by atoms with E-state index in [1.165, 1.54) is 26.4 Å². The van der Waals surface area contributed by atoms with Crippen molar-refractivity contribution in [2.75, 3.05) is 27.4 Å². The lowest BCUT2D eigenvalue weighted by Gasteiger charge is -2.10. The monoisotopic (exact) mass is 422 g/mol. The summed E-state index contributed by atoms with van der Waals surface area (Å²) in [5.74, 6) is -0.336. The normalized spacial score (nSPS) is 10.2. The van der Waals surface area contributed by atoms with E-state index < -0.39 is 29.1 Å². The molecule has 0 atom stereocenters. The number of nitro benzene ring substituents is 1. The number of rotatable bonds is 9. The average Bonchev–Trinajstić information content (AvgIpc) is 2.71. The molecule has 0 heterocycles. The quantitative estimate of drug-likeness (QED) is 0.375. The number of nitro groups is 1. The molecule has 0 fully saturated rings. The molecule has 0 spiro atoms. The number of ether oxygens (including phenoxy) is 3. The third-order valence-electron chi connectivity index (χ3n) is 3.89. The Kier molecular flexibility index (Phi) is 7.79. The van der Waals surface area contributed by atoms with Crippen molar-refractivity contribution in [2.45, 2.75) is 6.42 Å². The van der Waals surface area contributed by atoms with Crippen molar-refractivity contribution < 1.29 is 28.7 Å². The van der Waals surface area contributed by atoms with Gasteiger partial charge in [0.25, 0.3) is 11.6 Å². The van der Waals surface area contributed by atoms with Crippen LogP contribution in [0.2, 0.25) is 5.02 Å². The van der Waals surface area contributed by atoms with Crippen LogP contribution in [0.1, 0.15) is 15.9 Å². The van der Waals surface area contributed by atoms with Crippen molar-refractivity contribution in [1.29, 1.82) is 0 Å². The number of esters is 1. The Balaban J connectivity index is 1.85. The lowest BCUT2D eigenvalue weighted by Crippen LogP contribution is -2.30. The molecule has 0 aliphatic heterocycles. The van der Waals surface area contributed by atoms with E-state index in [1.54, 1.807) is 12.1 Å². The molecule has 0 saturated carbocycles. The zero-order valence-corrected chi connectivity index (χ0v) is 16.5. The Morgan fingerprint density at radius 1 is 1.10 bits per heavy atom. The number of benzene rings is 2. The van der Waals surface area contributed by atoms with Gasteiger partial charge in [0.2, 0.25) is 0 Å². The summed E-state index contributed by atoms with van der Waals surface area (Å²) in [5, 5.41) is 13.7. The minimum absolute atomic E-state index is 0.112. The lowest BCUT2D eigenvalue weighted by molar-refractivity contribution is -0.385. The van der Waals surface area contributed by atoms with Crippen molar-refractivity contribution in [3.63, 3.8) is 0 Å². The van der Waals surface area contributed by atoms with Crippen molar-refractivity contribution in [1.82, 2.24) is 5.32 Å². The minimum Gasteiger partial charge on any atom is -0.493 e. The molecule has 9 nitrogen and oxygen atoms in total. The van der Waals surface area contributed by atoms with Gasteiger partial charge in [-0.15, -0.1) is 0 Å². The van der Waals surface area contributed by atoms with Crippen LogP contribution in [0, 0.1) is 10.1 Å². The van der Waals surface area contributed by atoms with Crippen LogP contribution in [0.3, 0.4) is 0 Å². The first-order valence-corrected chi connectivity index (χ1v) is 8.82. The summed E-state index contributed by atoms with van der Waals surface area (Å²) in [6, 6.07) is 8.95. The number of carbonyl (C=O) groups excluding carboxylic acids is 2. The van der Waals surface area contributed by atoms with Crippen molar-refractivity contribution in [3.05, 3.63) is 62.7 Å². The highest BCUT2D eigenvalue weighted by Gasteiger charge is 2.22. The molecule has 2 aromatic carbocycles. The third-order valence-corrected chi connectivity index (χ3v) is 4.13. The largest absolute Gasteiger partial charge is 0.493 e. The van der Waals surface area contributed by atoms with E-state index in [0.29, 0.717) is 24.5 Å². The zero-order valence-electron chi connectivity index (χ0n) is 15.8. The molecule has 0 saturated heterocycles. The fourth-order valence-corrected chi connectivity index (χ4v) is 2.64. The molecule has 10 heteroatoms. The van der Waals surface area contributed by atoms with E-state index in [-0.39, 0.29) is 10.6 Å². The number of amides is 1. The van der Waals surface area contributed by atoms with Crippen LogP contribution in [0.15, 0.2) is 36.4 Å². The minimum atomic E-state index is -0.983. The maximum absolute atomic E-state index is 12.0. The number of methoxy groups -OCH3 is 2. The van der Waals surface area contributed by atoms with Gasteiger partial charge in [0.1, 0.15) is 5.56 Å². The average molecular weight is 423 g/mol. The molecule has 29 heavy (non-hydrogen) atoms. The second kappa shape index (κ2) is 10.3. The van der Waals surface area contributed by atoms with E-state index in [0.717, 1.165) is 11.6 Å². The fraction of sp³-hybridized carbons (Fsp3) is 0.263. The van der Waals surface area contributed by atoms with Crippen LogP contribution in [-0.4, -0.2) is 44.2 Å². The number of nitrogens with one attached hydrogen (secondary N) is 1. The second-order valence-corrected chi connectivity index (χ2v) is 6.22. The topological polar surface area (TPSA) is 117 Å². The van der Waals surface area contributed by atoms with Gasteiger partial charge in [0.05, 0.1) is 19.1 Å². The summed E-state index contributed by atoms with van der Waals surface area (Å²) in [5.41, 5.74) is 0.144. The molecule has 0 radical (unpaired) electrons. The highest BCUT2D eigenvalue weighted by atomic mass is 35.5. The third kappa shape index (κ3) is 6.08. The van der Waals surface area contributed by atoms with Gasteiger partial charge in [-0.05, 0) is 36.2 Å². The molecular formula is C19H19ClN2O7. The lowest BCUT2D eigenvalue weighted by atomic mass is 10.1. The first-order valence-electron chi connectivity index (χ1n) is 8.44. The SMILES string of the molecule is COc1ccc(CCNC(=O)COC(=O)c2ccc(Cl)cc2[N+](=O)[O-])cc1OC. The first kappa shape index (κ1) is 22.0. The Morgan fingerprint density at radius 3 is 2.48 bits per heavy atom. The Morgan fingerprint density at radius 2 is 1.83 bits per heavy atom. The standard InChI is InChI=1S/C19H19ClN2O7/c1-27-16-6-3-12(9-17(16)28-2)7-8-21-18(23)11-29-19(24)14-5-4-13(20)10-15(14)22(25)26/h3-6,9-10H,7-8,11H2,1-2H3,(H,21,23). The summed E-state index contributed by atoms with van der Waals surface area (Å²) in [6.07, 6.45) is 0.517. The highest BCUT2D eigenvalue weighted by molar-refractivity contribution is 6.31. The zero-order chi connectivity index (χ0) is 21.4. The van der Waals surface area contributed by atoms with Crippen LogP contribution in [0.25, 0.3) is 0 Å². The summed E-state index contributed by atoms with van der Waals surface area (Å²) in [7, 11) is 3.07. The Labute approximate surface area is 171 Å². The van der Waals surface area contributed by atoms with Gasteiger partial charge in [-0.1, -0.05) is 17.7 Å². The molecule has 1 amide bonds. The van der Waals surface area contributed by atoms with Crippen molar-refractivity contribution in [3.8, 4) is 11.5 Å². The molecule has 0 unspecified atom stereocenters. The van der Waals surface area contributed by atoms with E-state index >= 15 is 0 Å². The number of hydrogen-bond donors (Lipinski definition) is 1. The first-order chi connectivity index (χ1) is 13.8. The maximum Gasteiger partial charge on any atom is 0.345 e. The number of halogens is 1. The molecule has 0 aliphatic carbocycles. The molecule has 2 rings (SSSR count). The fourth-order valence-electron chi connectivity index (χ4n) is 2.47. The van der Waals surface area contributed by atoms with Gasteiger partial charge in [0, 0.05) is 17.6 Å². The van der Waals surface area contributed by atoms with E-state index in [1.807, 2.05) is 6.07 Å². The Hall–Kier alpha value is -3.33. The van der Waals surface area contributed by atoms with E-state index in [9.17, 15) is 19.7 Å². The van der Waals surface area contributed by atoms with Crippen molar-refractivity contribution >= 4 is 29.2 Å². The molecular weight excluding hydrogens is 404 g/mol.